The van der Waals surface area contributed by atoms with Crippen LogP contribution in [0.3, 0.4) is 0 Å². The highest BCUT2D eigenvalue weighted by Gasteiger charge is 2.67. The number of ether oxygens (including phenoxy) is 3. The van der Waals surface area contributed by atoms with Gasteiger partial charge >= 0.3 is 5.97 Å². The first-order chi connectivity index (χ1) is 15.9. The predicted octanol–water partition coefficient (Wildman–Crippen LogP) is 3.65. The van der Waals surface area contributed by atoms with Crippen molar-refractivity contribution in [3.63, 3.8) is 0 Å². The molecule has 33 heavy (non-hydrogen) atoms. The largest absolute Gasteiger partial charge is 0.497 e. The summed E-state index contributed by atoms with van der Waals surface area (Å²) in [5.41, 5.74) is 0.0129. The molecule has 172 valence electrons. The lowest BCUT2D eigenvalue weighted by Gasteiger charge is -2.38. The molecule has 8 heteroatoms. The SMILES string of the molecule is COC(=O)[C@]1([C@@H](C[N+](=O)[O-])c2ccccc2)C(=O)C2=C(CCCO2)[C@H]1c1ccc(OC)cc1. The number of allylic oxidation sites excluding steroid dienone is 2. The molecule has 0 bridgehead atoms. The van der Waals surface area contributed by atoms with Crippen LogP contribution in [0.4, 0.5) is 0 Å². The summed E-state index contributed by atoms with van der Waals surface area (Å²) in [6.45, 7) is -0.263. The summed E-state index contributed by atoms with van der Waals surface area (Å²) in [6, 6.07) is 15.7. The second-order valence-corrected chi connectivity index (χ2v) is 8.18. The Labute approximate surface area is 191 Å². The molecule has 0 saturated carbocycles. The van der Waals surface area contributed by atoms with Crippen LogP contribution in [-0.2, 0) is 19.1 Å². The van der Waals surface area contributed by atoms with Crippen molar-refractivity contribution >= 4 is 11.8 Å². The molecule has 0 N–H and O–H groups in total. The van der Waals surface area contributed by atoms with Crippen molar-refractivity contribution in [3.05, 3.63) is 87.2 Å². The van der Waals surface area contributed by atoms with Gasteiger partial charge in [0.2, 0.25) is 12.3 Å². The fraction of sp³-hybridized carbons (Fsp3) is 0.360. The molecular weight excluding hydrogens is 426 g/mol. The molecule has 0 fully saturated rings. The summed E-state index contributed by atoms with van der Waals surface area (Å²) in [5, 5.41) is 11.8. The van der Waals surface area contributed by atoms with Gasteiger partial charge < -0.3 is 14.2 Å². The molecule has 1 heterocycles. The Kier molecular flexibility index (Phi) is 6.18. The number of hydrogen-bond acceptors (Lipinski definition) is 7. The third-order valence-electron chi connectivity index (χ3n) is 6.57. The summed E-state index contributed by atoms with van der Waals surface area (Å²) < 4.78 is 16.2. The second kappa shape index (κ2) is 9.05. The van der Waals surface area contributed by atoms with Crippen LogP contribution in [0.5, 0.6) is 5.75 Å². The first-order valence-corrected chi connectivity index (χ1v) is 10.7. The van der Waals surface area contributed by atoms with Gasteiger partial charge in [-0.2, -0.15) is 0 Å². The van der Waals surface area contributed by atoms with E-state index in [4.69, 9.17) is 14.2 Å². The molecule has 0 aromatic heterocycles. The number of hydrogen-bond donors (Lipinski definition) is 0. The summed E-state index contributed by atoms with van der Waals surface area (Å²) in [7, 11) is 2.75. The van der Waals surface area contributed by atoms with Gasteiger partial charge in [0, 0.05) is 10.8 Å². The van der Waals surface area contributed by atoms with Gasteiger partial charge in [-0.3, -0.25) is 19.7 Å². The topological polar surface area (TPSA) is 105 Å². The van der Waals surface area contributed by atoms with E-state index in [1.54, 1.807) is 61.7 Å². The molecule has 2 aliphatic rings. The number of methoxy groups -OCH3 is 2. The van der Waals surface area contributed by atoms with E-state index >= 15 is 0 Å². The maximum absolute atomic E-state index is 14.0. The first kappa shape index (κ1) is 22.5. The van der Waals surface area contributed by atoms with E-state index < -0.39 is 40.5 Å². The van der Waals surface area contributed by atoms with Crippen LogP contribution in [0.25, 0.3) is 0 Å². The molecule has 4 rings (SSSR count). The molecule has 0 saturated heterocycles. The van der Waals surface area contributed by atoms with Crippen LogP contribution in [0.2, 0.25) is 0 Å². The Morgan fingerprint density at radius 1 is 1.18 bits per heavy atom. The molecule has 1 aliphatic heterocycles. The van der Waals surface area contributed by atoms with E-state index in [2.05, 4.69) is 0 Å². The molecule has 0 amide bonds. The van der Waals surface area contributed by atoms with E-state index in [9.17, 15) is 19.7 Å². The zero-order chi connectivity index (χ0) is 23.6. The number of carbonyl (C=O) groups excluding carboxylic acids is 2. The lowest BCUT2D eigenvalue weighted by Crippen LogP contribution is -2.49. The number of Topliss-reactive ketones (excluding diaryl/α,β-unsaturated/α-hetero) is 1. The number of nitro groups is 1. The fourth-order valence-electron chi connectivity index (χ4n) is 5.21. The summed E-state index contributed by atoms with van der Waals surface area (Å²) in [4.78, 5) is 39.0. The maximum atomic E-state index is 14.0. The zero-order valence-electron chi connectivity index (χ0n) is 18.5. The van der Waals surface area contributed by atoms with Crippen molar-refractivity contribution in [2.45, 2.75) is 24.7 Å². The molecular formula is C25H25NO7. The van der Waals surface area contributed by atoms with Crippen molar-refractivity contribution in [2.75, 3.05) is 27.4 Å². The summed E-state index contributed by atoms with van der Waals surface area (Å²) in [5.74, 6) is -2.43. The van der Waals surface area contributed by atoms with Crippen molar-refractivity contribution in [2.24, 2.45) is 5.41 Å². The fourth-order valence-corrected chi connectivity index (χ4v) is 5.21. The van der Waals surface area contributed by atoms with Gasteiger partial charge in [0.25, 0.3) is 0 Å². The number of ketones is 1. The van der Waals surface area contributed by atoms with Crippen LogP contribution < -0.4 is 4.74 Å². The van der Waals surface area contributed by atoms with Gasteiger partial charge in [-0.1, -0.05) is 42.5 Å². The Hall–Kier alpha value is -3.68. The van der Waals surface area contributed by atoms with E-state index in [1.807, 2.05) is 0 Å². The average Bonchev–Trinajstić information content (AvgIpc) is 3.11. The molecule has 3 atom stereocenters. The van der Waals surface area contributed by atoms with Gasteiger partial charge in [-0.25, -0.2) is 0 Å². The third kappa shape index (κ3) is 3.65. The predicted molar refractivity (Wildman–Crippen MR) is 118 cm³/mol. The van der Waals surface area contributed by atoms with Crippen molar-refractivity contribution < 1.29 is 28.7 Å². The van der Waals surface area contributed by atoms with Crippen LogP contribution in [0.15, 0.2) is 65.9 Å². The van der Waals surface area contributed by atoms with Crippen molar-refractivity contribution in [3.8, 4) is 5.75 Å². The lowest BCUT2D eigenvalue weighted by molar-refractivity contribution is -0.485. The van der Waals surface area contributed by atoms with Gasteiger partial charge in [0.1, 0.15) is 5.75 Å². The third-order valence-corrected chi connectivity index (χ3v) is 6.57. The molecule has 0 spiro atoms. The molecule has 2 aromatic carbocycles. The Morgan fingerprint density at radius 3 is 2.48 bits per heavy atom. The number of carbonyl (C=O) groups is 2. The van der Waals surface area contributed by atoms with Gasteiger partial charge in [-0.05, 0) is 41.7 Å². The minimum absolute atomic E-state index is 0.136. The van der Waals surface area contributed by atoms with Gasteiger partial charge in [-0.15, -0.1) is 0 Å². The van der Waals surface area contributed by atoms with E-state index in [1.165, 1.54) is 7.11 Å². The first-order valence-electron chi connectivity index (χ1n) is 10.7. The standard InChI is InChI=1S/C25H25NO7/c1-31-18-12-10-17(11-13-18)21-19-9-6-14-33-22(19)23(27)25(21,24(28)32-2)20(15-26(29)30)16-7-4-3-5-8-16/h3-5,7-8,10-13,20-21H,6,9,14-15H2,1-2H3/t20-,21+,25-/m0/s1. The maximum Gasteiger partial charge on any atom is 0.321 e. The molecule has 8 nitrogen and oxygen atoms in total. The van der Waals surface area contributed by atoms with E-state index in [0.717, 1.165) is 0 Å². The van der Waals surface area contributed by atoms with Crippen molar-refractivity contribution in [1.82, 2.24) is 0 Å². The lowest BCUT2D eigenvalue weighted by atomic mass is 9.61. The molecule has 2 aromatic rings. The van der Waals surface area contributed by atoms with Crippen LogP contribution in [0, 0.1) is 15.5 Å². The Morgan fingerprint density at radius 2 is 1.88 bits per heavy atom. The van der Waals surface area contributed by atoms with E-state index in [-0.39, 0.29) is 5.76 Å². The number of esters is 1. The van der Waals surface area contributed by atoms with Gasteiger partial charge in [0.05, 0.1) is 26.7 Å². The molecule has 0 radical (unpaired) electrons. The second-order valence-electron chi connectivity index (χ2n) is 8.18. The number of nitrogens with zero attached hydrogens (tertiary/aromatic N) is 1. The normalized spacial score (nSPS) is 22.8. The number of rotatable bonds is 7. The zero-order valence-corrected chi connectivity index (χ0v) is 18.5. The van der Waals surface area contributed by atoms with Crippen LogP contribution in [0.1, 0.15) is 35.8 Å². The van der Waals surface area contributed by atoms with Crippen molar-refractivity contribution in [1.29, 1.82) is 0 Å². The number of benzene rings is 2. The smallest absolute Gasteiger partial charge is 0.321 e. The quantitative estimate of drug-likeness (QED) is 0.274. The highest BCUT2D eigenvalue weighted by molar-refractivity contribution is 6.16. The highest BCUT2D eigenvalue weighted by Crippen LogP contribution is 2.60. The minimum atomic E-state index is -1.87. The average molecular weight is 451 g/mol. The Balaban J connectivity index is 2.01. The summed E-state index contributed by atoms with van der Waals surface area (Å²) in [6.07, 6.45) is 1.23. The molecule has 0 unspecified atom stereocenters. The summed E-state index contributed by atoms with van der Waals surface area (Å²) >= 11 is 0. The highest BCUT2D eigenvalue weighted by atomic mass is 16.6. The Bertz CT molecular complexity index is 1090. The van der Waals surface area contributed by atoms with Crippen LogP contribution in [-0.4, -0.2) is 44.0 Å². The van der Waals surface area contributed by atoms with Gasteiger partial charge in [0.15, 0.2) is 11.2 Å². The molecule has 1 aliphatic carbocycles. The van der Waals surface area contributed by atoms with Crippen LogP contribution >= 0.6 is 0 Å². The monoisotopic (exact) mass is 451 g/mol. The van der Waals surface area contributed by atoms with E-state index in [0.29, 0.717) is 41.9 Å². The minimum Gasteiger partial charge on any atom is -0.497 e.